The molecule has 3 N–H and O–H groups in total. The Morgan fingerprint density at radius 3 is 2.69 bits per heavy atom. The highest BCUT2D eigenvalue weighted by atomic mass is 16.5. The van der Waals surface area contributed by atoms with E-state index in [1.54, 1.807) is 16.7 Å². The predicted molar refractivity (Wildman–Crippen MR) is 189 cm³/mol. The Morgan fingerprint density at radius 1 is 1.06 bits per heavy atom. The summed E-state index contributed by atoms with van der Waals surface area (Å²) in [5, 5.41) is 16.3. The molecule has 7 heteroatoms. The topological polar surface area (TPSA) is 90.9 Å². The Hall–Kier alpha value is -2.48. The second-order valence-corrected chi connectivity index (χ2v) is 16.8. The number of carbonyl (C=O) groups excluding carboxylic acids is 2. The highest BCUT2D eigenvalue weighted by Gasteiger charge is 2.59. The molecule has 6 aliphatic rings. The van der Waals surface area contributed by atoms with Crippen molar-refractivity contribution in [2.75, 3.05) is 26.2 Å². The molecule has 2 aliphatic heterocycles. The van der Waals surface area contributed by atoms with Gasteiger partial charge in [-0.15, -0.1) is 0 Å². The Labute approximate surface area is 288 Å². The van der Waals surface area contributed by atoms with Crippen molar-refractivity contribution in [2.24, 2.45) is 35.0 Å². The van der Waals surface area contributed by atoms with E-state index in [4.69, 9.17) is 4.74 Å². The van der Waals surface area contributed by atoms with Gasteiger partial charge in [-0.05, 0) is 106 Å². The molecule has 0 unspecified atom stereocenters. The van der Waals surface area contributed by atoms with Crippen LogP contribution in [0.1, 0.15) is 97.5 Å². The van der Waals surface area contributed by atoms with Gasteiger partial charge in [0.1, 0.15) is 0 Å². The number of piperidine rings is 1. The van der Waals surface area contributed by atoms with Crippen LogP contribution in [0.2, 0.25) is 0 Å². The summed E-state index contributed by atoms with van der Waals surface area (Å²) in [4.78, 5) is 27.6. The number of nitrogens with one attached hydrogen (secondary N) is 2. The summed E-state index contributed by atoms with van der Waals surface area (Å²) < 4.78 is 7.27. The summed E-state index contributed by atoms with van der Waals surface area (Å²) >= 11 is 0. The van der Waals surface area contributed by atoms with Crippen LogP contribution in [0.3, 0.4) is 0 Å². The Balaban J connectivity index is 0.952. The van der Waals surface area contributed by atoms with Gasteiger partial charge in [-0.3, -0.25) is 14.5 Å². The maximum Gasteiger partial charge on any atom is 0.239 e. The molecular formula is C41H59N3O4. The van der Waals surface area contributed by atoms with Gasteiger partial charge < -0.3 is 20.5 Å². The fourth-order valence-electron chi connectivity index (χ4n) is 11.4. The number of amides is 2. The summed E-state index contributed by atoms with van der Waals surface area (Å²) in [6, 6.07) is 10.3. The molecule has 2 amide bonds. The molecule has 2 saturated carbocycles. The zero-order valence-corrected chi connectivity index (χ0v) is 29.8. The molecule has 2 saturated heterocycles. The minimum absolute atomic E-state index is 0.0217. The fraction of sp³-hybridized carbons (Fsp3) is 0.707. The van der Waals surface area contributed by atoms with Gasteiger partial charge in [0.25, 0.3) is 0 Å². The lowest BCUT2D eigenvalue weighted by Crippen LogP contribution is -2.54. The molecule has 0 aromatic heterocycles. The normalized spacial score (nSPS) is 39.1. The third-order valence-corrected chi connectivity index (χ3v) is 13.9. The molecule has 7 nitrogen and oxygen atoms in total. The van der Waals surface area contributed by atoms with Crippen molar-refractivity contribution in [3.8, 4) is 0 Å². The highest BCUT2D eigenvalue weighted by molar-refractivity contribution is 5.84. The fourth-order valence-corrected chi connectivity index (χ4v) is 11.4. The second-order valence-electron chi connectivity index (χ2n) is 16.8. The Morgan fingerprint density at radius 2 is 1.88 bits per heavy atom. The molecule has 4 fully saturated rings. The van der Waals surface area contributed by atoms with Crippen LogP contribution in [-0.2, 0) is 20.7 Å². The van der Waals surface area contributed by atoms with Gasteiger partial charge in [0.2, 0.25) is 11.8 Å². The molecule has 48 heavy (non-hydrogen) atoms. The summed E-state index contributed by atoms with van der Waals surface area (Å²) in [5.74, 6) is 2.86. The third-order valence-electron chi connectivity index (χ3n) is 13.9. The average Bonchev–Trinajstić information content (AvgIpc) is 3.53. The van der Waals surface area contributed by atoms with Gasteiger partial charge in [0.15, 0.2) is 0 Å². The molecule has 1 spiro atoms. The molecule has 2 heterocycles. The minimum Gasteiger partial charge on any atom is -0.393 e. The quantitative estimate of drug-likeness (QED) is 0.300. The molecule has 4 aliphatic carbocycles. The largest absolute Gasteiger partial charge is 0.393 e. The van der Waals surface area contributed by atoms with E-state index in [-0.39, 0.29) is 41.6 Å². The average molecular weight is 658 g/mol. The van der Waals surface area contributed by atoms with Crippen LogP contribution >= 0.6 is 0 Å². The van der Waals surface area contributed by atoms with Crippen molar-refractivity contribution < 1.29 is 19.4 Å². The summed E-state index contributed by atoms with van der Waals surface area (Å²) in [7, 11) is 0. The van der Waals surface area contributed by atoms with Gasteiger partial charge >= 0.3 is 0 Å². The monoisotopic (exact) mass is 657 g/mol. The number of likely N-dealkylation sites (tertiary alicyclic amines) is 1. The number of aliphatic hydroxyl groups excluding tert-OH is 1. The number of hydrogen-bond acceptors (Lipinski definition) is 5. The van der Waals surface area contributed by atoms with Crippen LogP contribution < -0.4 is 10.6 Å². The first-order valence-electron chi connectivity index (χ1n) is 19.1. The first kappa shape index (κ1) is 34.0. The first-order valence-corrected chi connectivity index (χ1v) is 19.1. The second kappa shape index (κ2) is 13.7. The number of aryl methyl sites for hydroxylation is 1. The van der Waals surface area contributed by atoms with Crippen molar-refractivity contribution >= 4 is 11.8 Å². The lowest BCUT2D eigenvalue weighted by molar-refractivity contribution is -0.126. The van der Waals surface area contributed by atoms with Crippen molar-refractivity contribution in [3.63, 3.8) is 0 Å². The summed E-state index contributed by atoms with van der Waals surface area (Å²) in [5.41, 5.74) is 6.15. The Bertz CT molecular complexity index is 1420. The van der Waals surface area contributed by atoms with Gasteiger partial charge in [0.05, 0.1) is 24.4 Å². The standard InChI is InChI=1S/C41H59N3O4/c1-26-20-36-39(44(25-26)19-18-42-38(47)24-43-37(46)13-10-29-8-6-5-7-9-29)28(3)41(48-36)17-15-32-33-12-11-30-21-31(45)14-16-40(30,4)35(33)22-34(32)27(2)23-41/h5-9,11,26,28,31-33,35-36,39,45H,10,12-25H2,1-4H3,(H,42,47)(H,43,46)/t26-,28+,31-,32-,33-,35-,36+,39-,40-,41-/m0/s1. The highest BCUT2D eigenvalue weighted by Crippen LogP contribution is 2.64. The van der Waals surface area contributed by atoms with E-state index in [0.29, 0.717) is 49.1 Å². The van der Waals surface area contributed by atoms with Gasteiger partial charge in [0, 0.05) is 38.0 Å². The van der Waals surface area contributed by atoms with Gasteiger partial charge in [-0.2, -0.15) is 0 Å². The number of nitrogens with zero attached hydrogens (tertiary/aromatic N) is 1. The molecule has 10 atom stereocenters. The summed E-state index contributed by atoms with van der Waals surface area (Å²) in [6.45, 7) is 12.2. The van der Waals surface area contributed by atoms with E-state index in [2.05, 4.69) is 49.3 Å². The maximum atomic E-state index is 12.7. The van der Waals surface area contributed by atoms with E-state index in [9.17, 15) is 14.7 Å². The van der Waals surface area contributed by atoms with Crippen molar-refractivity contribution in [1.82, 2.24) is 15.5 Å². The first-order chi connectivity index (χ1) is 23.1. The SMILES string of the molecule is CC1=C2C[C@H]3[C@@H](CC=C4C[C@@H](O)CC[C@@]43C)[C@@H]2CC[C@@]2(C1)O[C@@H]1C[C@H](C)CN(CCNC(=O)CNC(=O)CCc3ccccc3)[C@H]1[C@H]2C. The zero-order valence-electron chi connectivity index (χ0n) is 29.8. The number of allylic oxidation sites excluding steroid dienone is 2. The number of ether oxygens (including phenoxy) is 1. The molecular weight excluding hydrogens is 598 g/mol. The van der Waals surface area contributed by atoms with Crippen LogP contribution in [0.4, 0.5) is 0 Å². The number of fused-ring (bicyclic) bond motifs is 6. The number of carbonyl (C=O) groups is 2. The molecule has 7 rings (SSSR count). The van der Waals surface area contributed by atoms with E-state index in [1.165, 1.54) is 19.3 Å². The number of aliphatic hydroxyl groups is 1. The molecule has 1 aromatic carbocycles. The molecule has 0 bridgehead atoms. The van der Waals surface area contributed by atoms with Crippen LogP contribution in [0, 0.1) is 35.0 Å². The van der Waals surface area contributed by atoms with Crippen LogP contribution in [0.15, 0.2) is 53.1 Å². The maximum absolute atomic E-state index is 12.7. The predicted octanol–water partition coefficient (Wildman–Crippen LogP) is 5.97. The molecule has 262 valence electrons. The van der Waals surface area contributed by atoms with Crippen molar-refractivity contribution in [1.29, 1.82) is 0 Å². The van der Waals surface area contributed by atoms with Crippen molar-refractivity contribution in [2.45, 2.75) is 122 Å². The molecule has 1 aromatic rings. The van der Waals surface area contributed by atoms with Crippen LogP contribution in [0.25, 0.3) is 0 Å². The van der Waals surface area contributed by atoms with E-state index < -0.39 is 0 Å². The van der Waals surface area contributed by atoms with Gasteiger partial charge in [-0.1, -0.05) is 73.9 Å². The van der Waals surface area contributed by atoms with Crippen molar-refractivity contribution in [3.05, 3.63) is 58.7 Å². The third kappa shape index (κ3) is 6.44. The van der Waals surface area contributed by atoms with Crippen LogP contribution in [-0.4, -0.2) is 71.9 Å². The summed E-state index contributed by atoms with van der Waals surface area (Å²) in [6.07, 6.45) is 13.5. The van der Waals surface area contributed by atoms with E-state index in [0.717, 1.165) is 63.1 Å². The minimum atomic E-state index is -0.153. The van der Waals surface area contributed by atoms with E-state index >= 15 is 0 Å². The number of hydrogen-bond donors (Lipinski definition) is 3. The van der Waals surface area contributed by atoms with Crippen LogP contribution in [0.5, 0.6) is 0 Å². The zero-order chi connectivity index (χ0) is 33.6. The number of benzene rings is 1. The van der Waals surface area contributed by atoms with Gasteiger partial charge in [-0.25, -0.2) is 0 Å². The molecule has 0 radical (unpaired) electrons. The smallest absolute Gasteiger partial charge is 0.239 e. The lowest BCUT2D eigenvalue weighted by atomic mass is 9.56. The van der Waals surface area contributed by atoms with E-state index in [1.807, 2.05) is 30.3 Å². The lowest BCUT2D eigenvalue weighted by Gasteiger charge is -2.49. The Kier molecular flexibility index (Phi) is 9.68. The number of rotatable bonds is 8.